The van der Waals surface area contributed by atoms with Gasteiger partial charge in [-0.15, -0.1) is 16.4 Å². The van der Waals surface area contributed by atoms with Gasteiger partial charge >= 0.3 is 0 Å². The lowest BCUT2D eigenvalue weighted by Crippen LogP contribution is -2.22. The minimum absolute atomic E-state index is 0.172. The Balaban J connectivity index is 1.23. The van der Waals surface area contributed by atoms with E-state index < -0.39 is 10.0 Å². The molecule has 5 rings (SSSR count). The van der Waals surface area contributed by atoms with Gasteiger partial charge in [0.25, 0.3) is 5.91 Å². The molecule has 0 bridgehead atoms. The predicted molar refractivity (Wildman–Crippen MR) is 128 cm³/mol. The van der Waals surface area contributed by atoms with Crippen molar-refractivity contribution in [2.45, 2.75) is 24.6 Å². The molecule has 2 N–H and O–H groups in total. The predicted octanol–water partition coefficient (Wildman–Crippen LogP) is 3.27. The second-order valence-corrected chi connectivity index (χ2v) is 11.1. The van der Waals surface area contributed by atoms with Crippen LogP contribution in [0.5, 0.6) is 0 Å². The lowest BCUT2D eigenvalue weighted by molar-refractivity contribution is 0.0954. The minimum atomic E-state index is -3.35. The van der Waals surface area contributed by atoms with Gasteiger partial charge in [0, 0.05) is 28.5 Å². The number of aromatic nitrogens is 5. The fourth-order valence-electron chi connectivity index (χ4n) is 3.12. The summed E-state index contributed by atoms with van der Waals surface area (Å²) in [7, 11) is -3.35. The highest BCUT2D eigenvalue weighted by Crippen LogP contribution is 2.31. The van der Waals surface area contributed by atoms with Crippen molar-refractivity contribution in [1.82, 2.24) is 30.3 Å². The first-order chi connectivity index (χ1) is 16.4. The van der Waals surface area contributed by atoms with Crippen molar-refractivity contribution in [1.29, 1.82) is 0 Å². The average Bonchev–Trinajstić information content (AvgIpc) is 3.39. The van der Waals surface area contributed by atoms with Gasteiger partial charge < -0.3 is 5.32 Å². The molecule has 1 aliphatic carbocycles. The molecule has 1 amide bonds. The van der Waals surface area contributed by atoms with Crippen LogP contribution in [-0.4, -0.2) is 44.5 Å². The van der Waals surface area contributed by atoms with Crippen LogP contribution in [-0.2, 0) is 16.6 Å². The monoisotopic (exact) mass is 515 g/mol. The fourth-order valence-corrected chi connectivity index (χ4v) is 5.48. The second-order valence-electron chi connectivity index (χ2n) is 7.63. The summed E-state index contributed by atoms with van der Waals surface area (Å²) in [4.78, 5) is 21.5. The summed E-state index contributed by atoms with van der Waals surface area (Å²) >= 11 is 7.19. The zero-order chi connectivity index (χ0) is 23.7. The summed E-state index contributed by atoms with van der Waals surface area (Å²) in [5.41, 5.74) is 1.75. The quantitative estimate of drug-likeness (QED) is 0.368. The molecule has 34 heavy (non-hydrogen) atoms. The third-order valence-electron chi connectivity index (χ3n) is 4.98. The van der Waals surface area contributed by atoms with Crippen LogP contribution in [0.2, 0.25) is 5.02 Å². The molecule has 0 radical (unpaired) electrons. The van der Waals surface area contributed by atoms with Crippen molar-refractivity contribution in [3.05, 3.63) is 70.6 Å². The topological polar surface area (TPSA) is 132 Å². The molecule has 3 aromatic heterocycles. The van der Waals surface area contributed by atoms with Gasteiger partial charge in [0.2, 0.25) is 10.0 Å². The molecular formula is C21H18ClN7O3S2. The maximum atomic E-state index is 12.6. The maximum Gasteiger partial charge on any atom is 0.263 e. The number of sulfonamides is 1. The first-order valence-corrected chi connectivity index (χ1v) is 13.0. The van der Waals surface area contributed by atoms with Crippen LogP contribution in [0.1, 0.15) is 28.2 Å². The third kappa shape index (κ3) is 5.08. The molecule has 4 aromatic rings. The number of amides is 1. The Kier molecular flexibility index (Phi) is 6.02. The van der Waals surface area contributed by atoms with Crippen LogP contribution in [0.25, 0.3) is 16.4 Å². The maximum absolute atomic E-state index is 12.6. The number of halogens is 1. The molecule has 1 saturated carbocycles. The number of rotatable bonds is 8. The first-order valence-electron chi connectivity index (χ1n) is 10.3. The highest BCUT2D eigenvalue weighted by Gasteiger charge is 2.35. The Morgan fingerprint density at radius 1 is 1.21 bits per heavy atom. The van der Waals surface area contributed by atoms with Gasteiger partial charge in [-0.3, -0.25) is 9.52 Å². The lowest BCUT2D eigenvalue weighted by atomic mass is 10.2. The second kappa shape index (κ2) is 9.12. The van der Waals surface area contributed by atoms with Crippen molar-refractivity contribution in [3.63, 3.8) is 0 Å². The number of nitrogens with zero attached hydrogens (tertiary/aromatic N) is 5. The molecule has 0 atom stereocenters. The summed E-state index contributed by atoms with van der Waals surface area (Å²) in [6.07, 6.45) is 6.09. The van der Waals surface area contributed by atoms with E-state index in [4.69, 9.17) is 11.6 Å². The van der Waals surface area contributed by atoms with Crippen LogP contribution in [0.15, 0.2) is 55.0 Å². The Hall–Kier alpha value is -3.35. The highest BCUT2D eigenvalue weighted by atomic mass is 35.5. The van der Waals surface area contributed by atoms with Crippen LogP contribution >= 0.6 is 22.9 Å². The molecule has 1 fully saturated rings. The Bertz CT molecular complexity index is 1460. The number of thiazole rings is 1. The molecule has 174 valence electrons. The Morgan fingerprint density at radius 2 is 2.06 bits per heavy atom. The molecule has 1 aliphatic rings. The number of hydrogen-bond acceptors (Lipinski definition) is 8. The van der Waals surface area contributed by atoms with Gasteiger partial charge in [-0.2, -0.15) is 0 Å². The third-order valence-corrected chi connectivity index (χ3v) is 8.13. The van der Waals surface area contributed by atoms with E-state index in [-0.39, 0.29) is 17.7 Å². The van der Waals surface area contributed by atoms with E-state index in [2.05, 4.69) is 30.3 Å². The molecule has 0 aliphatic heterocycles. The number of carbonyl (C=O) groups is 1. The normalized spacial score (nSPS) is 13.6. The van der Waals surface area contributed by atoms with Crippen LogP contribution in [0, 0.1) is 0 Å². The van der Waals surface area contributed by atoms with E-state index in [9.17, 15) is 13.2 Å². The number of hydrogen-bond donors (Lipinski definition) is 2. The zero-order valence-electron chi connectivity index (χ0n) is 17.6. The molecule has 1 aromatic carbocycles. The number of pyridine rings is 1. The van der Waals surface area contributed by atoms with Gasteiger partial charge in [0.15, 0.2) is 5.82 Å². The van der Waals surface area contributed by atoms with Gasteiger partial charge in [0.1, 0.15) is 15.6 Å². The van der Waals surface area contributed by atoms with E-state index >= 15 is 0 Å². The van der Waals surface area contributed by atoms with Gasteiger partial charge in [0.05, 0.1) is 24.2 Å². The van der Waals surface area contributed by atoms with Crippen molar-refractivity contribution >= 4 is 44.6 Å². The standard InChI is InChI=1S/C21H18ClN7O3S2/c22-14-6-7-23-19(9-14)29-12-16(26-28-29)10-24-20(30)18-11-25-21(33-18)13-2-1-3-15(8-13)27-34(31,32)17-4-5-17/h1-3,6-9,11-12,17,27H,4-5,10H2,(H,24,30). The van der Waals surface area contributed by atoms with E-state index in [0.717, 1.165) is 5.56 Å². The number of anilines is 1. The summed E-state index contributed by atoms with van der Waals surface area (Å²) < 4.78 is 28.5. The summed E-state index contributed by atoms with van der Waals surface area (Å²) in [5.74, 6) is 0.219. The summed E-state index contributed by atoms with van der Waals surface area (Å²) in [6, 6.07) is 10.3. The minimum Gasteiger partial charge on any atom is -0.346 e. The molecule has 13 heteroatoms. The smallest absolute Gasteiger partial charge is 0.263 e. The van der Waals surface area contributed by atoms with E-state index in [1.54, 1.807) is 42.7 Å². The first kappa shape index (κ1) is 22.4. The van der Waals surface area contributed by atoms with Gasteiger partial charge in [-0.1, -0.05) is 28.9 Å². The van der Waals surface area contributed by atoms with E-state index in [1.165, 1.54) is 22.2 Å². The van der Waals surface area contributed by atoms with Crippen molar-refractivity contribution in [2.24, 2.45) is 0 Å². The van der Waals surface area contributed by atoms with Crippen LogP contribution in [0.3, 0.4) is 0 Å². The molecule has 0 spiro atoms. The molecule has 0 unspecified atom stereocenters. The molecule has 0 saturated heterocycles. The highest BCUT2D eigenvalue weighted by molar-refractivity contribution is 7.93. The number of carbonyl (C=O) groups excluding carboxylic acids is 1. The largest absolute Gasteiger partial charge is 0.346 e. The van der Waals surface area contributed by atoms with Crippen LogP contribution in [0.4, 0.5) is 5.69 Å². The van der Waals surface area contributed by atoms with Crippen molar-refractivity contribution < 1.29 is 13.2 Å². The van der Waals surface area contributed by atoms with Crippen LogP contribution < -0.4 is 10.0 Å². The zero-order valence-corrected chi connectivity index (χ0v) is 19.9. The summed E-state index contributed by atoms with van der Waals surface area (Å²) in [6.45, 7) is 0.172. The molecule has 3 heterocycles. The molecular weight excluding hydrogens is 498 g/mol. The van der Waals surface area contributed by atoms with E-state index in [1.807, 2.05) is 6.07 Å². The number of benzene rings is 1. The van der Waals surface area contributed by atoms with Gasteiger partial charge in [-0.25, -0.2) is 23.1 Å². The molecule has 10 nitrogen and oxygen atoms in total. The summed E-state index contributed by atoms with van der Waals surface area (Å²) in [5, 5.41) is 11.7. The van der Waals surface area contributed by atoms with Gasteiger partial charge in [-0.05, 0) is 31.0 Å². The fraction of sp³-hybridized carbons (Fsp3) is 0.190. The lowest BCUT2D eigenvalue weighted by Gasteiger charge is -2.07. The average molecular weight is 516 g/mol. The van der Waals surface area contributed by atoms with Crippen molar-refractivity contribution in [3.8, 4) is 16.4 Å². The Labute approximate surface area is 204 Å². The van der Waals surface area contributed by atoms with E-state index in [0.29, 0.717) is 44.9 Å². The Morgan fingerprint density at radius 3 is 2.85 bits per heavy atom. The van der Waals surface area contributed by atoms with Crippen molar-refractivity contribution in [2.75, 3.05) is 4.72 Å². The number of nitrogens with one attached hydrogen (secondary N) is 2. The SMILES string of the molecule is O=C(NCc1cn(-c2cc(Cl)ccn2)nn1)c1cnc(-c2cccc(NS(=O)(=O)C3CC3)c2)s1.